The number of fused-ring (bicyclic) bond motifs is 3. The first-order chi connectivity index (χ1) is 15.7. The van der Waals surface area contributed by atoms with Crippen molar-refractivity contribution in [2.24, 2.45) is 0 Å². The van der Waals surface area contributed by atoms with Gasteiger partial charge in [-0.2, -0.15) is 0 Å². The third kappa shape index (κ3) is 4.64. The highest BCUT2D eigenvalue weighted by atomic mass is 32.1. The van der Waals surface area contributed by atoms with Gasteiger partial charge in [-0.25, -0.2) is 4.98 Å². The number of nitrogens with one attached hydrogen (secondary N) is 1. The summed E-state index contributed by atoms with van der Waals surface area (Å²) < 4.78 is 0. The van der Waals surface area contributed by atoms with Gasteiger partial charge in [0, 0.05) is 50.4 Å². The highest BCUT2D eigenvalue weighted by Gasteiger charge is 2.22. The van der Waals surface area contributed by atoms with Crippen molar-refractivity contribution in [2.45, 2.75) is 51.5 Å². The summed E-state index contributed by atoms with van der Waals surface area (Å²) in [6, 6.07) is 10.5. The number of aromatic nitrogens is 2. The Bertz CT molecular complexity index is 1150. The number of amides is 1. The molecule has 1 fully saturated rings. The Kier molecular flexibility index (Phi) is 6.37. The van der Waals surface area contributed by atoms with Crippen LogP contribution in [0.4, 0.5) is 0 Å². The van der Waals surface area contributed by atoms with E-state index in [-0.39, 0.29) is 11.5 Å². The topological polar surface area (TPSA) is 69.3 Å². The van der Waals surface area contributed by atoms with Crippen LogP contribution in [0.1, 0.15) is 47.5 Å². The second-order valence-electron chi connectivity index (χ2n) is 8.90. The number of aryl methyl sites for hydroxylation is 3. The molecular formula is C25H30N4O2S. The number of thiophene rings is 1. The first-order valence-corrected chi connectivity index (χ1v) is 12.6. The molecule has 32 heavy (non-hydrogen) atoms. The molecule has 1 aliphatic heterocycles. The van der Waals surface area contributed by atoms with Crippen molar-refractivity contribution in [3.05, 3.63) is 62.5 Å². The Morgan fingerprint density at radius 1 is 1.03 bits per heavy atom. The lowest BCUT2D eigenvalue weighted by atomic mass is 10.1. The van der Waals surface area contributed by atoms with E-state index >= 15 is 0 Å². The molecule has 168 valence electrons. The van der Waals surface area contributed by atoms with Crippen molar-refractivity contribution in [1.82, 2.24) is 19.8 Å². The molecule has 7 heteroatoms. The maximum absolute atomic E-state index is 12.8. The van der Waals surface area contributed by atoms with E-state index in [4.69, 9.17) is 4.98 Å². The number of piperazine rings is 1. The zero-order chi connectivity index (χ0) is 21.9. The summed E-state index contributed by atoms with van der Waals surface area (Å²) in [7, 11) is 0. The molecule has 0 spiro atoms. The summed E-state index contributed by atoms with van der Waals surface area (Å²) in [5.74, 6) is 0.782. The molecule has 3 aromatic rings. The molecule has 5 rings (SSSR count). The van der Waals surface area contributed by atoms with Crippen LogP contribution in [0.25, 0.3) is 10.2 Å². The van der Waals surface area contributed by atoms with Crippen molar-refractivity contribution in [2.75, 3.05) is 26.2 Å². The van der Waals surface area contributed by atoms with E-state index in [2.05, 4.69) is 34.1 Å². The molecule has 1 aromatic carbocycles. The average molecular weight is 451 g/mol. The highest BCUT2D eigenvalue weighted by Crippen LogP contribution is 2.32. The van der Waals surface area contributed by atoms with Gasteiger partial charge in [-0.05, 0) is 36.8 Å². The zero-order valence-electron chi connectivity index (χ0n) is 18.4. The van der Waals surface area contributed by atoms with E-state index in [0.29, 0.717) is 18.7 Å². The molecule has 1 N–H and O–H groups in total. The van der Waals surface area contributed by atoms with Crippen LogP contribution in [-0.2, 0) is 30.6 Å². The summed E-state index contributed by atoms with van der Waals surface area (Å²) in [5, 5.41) is 0.788. The van der Waals surface area contributed by atoms with Gasteiger partial charge in [-0.3, -0.25) is 14.5 Å². The van der Waals surface area contributed by atoms with Gasteiger partial charge >= 0.3 is 0 Å². The fourth-order valence-electron chi connectivity index (χ4n) is 4.88. The lowest BCUT2D eigenvalue weighted by molar-refractivity contribution is -0.133. The minimum atomic E-state index is -0.0358. The van der Waals surface area contributed by atoms with Gasteiger partial charge in [0.15, 0.2) is 0 Å². The molecule has 0 bridgehead atoms. The van der Waals surface area contributed by atoms with Crippen molar-refractivity contribution < 1.29 is 4.79 Å². The largest absolute Gasteiger partial charge is 0.340 e. The van der Waals surface area contributed by atoms with Crippen molar-refractivity contribution >= 4 is 27.5 Å². The lowest BCUT2D eigenvalue weighted by Gasteiger charge is -2.34. The molecule has 0 unspecified atom stereocenters. The van der Waals surface area contributed by atoms with Crippen LogP contribution in [0, 0.1) is 0 Å². The molecule has 0 atom stereocenters. The Labute approximate surface area is 192 Å². The van der Waals surface area contributed by atoms with Crippen molar-refractivity contribution in [1.29, 1.82) is 0 Å². The fourth-order valence-corrected chi connectivity index (χ4v) is 6.17. The molecule has 0 radical (unpaired) electrons. The van der Waals surface area contributed by atoms with E-state index in [9.17, 15) is 9.59 Å². The first-order valence-electron chi connectivity index (χ1n) is 11.7. The Balaban J connectivity index is 1.18. The van der Waals surface area contributed by atoms with E-state index in [0.717, 1.165) is 62.2 Å². The number of nitrogens with zero attached hydrogens (tertiary/aromatic N) is 3. The SMILES string of the molecule is O=C(CCc1nc2sc3c(c2c(=O)[nH]1)CCCCC3)N1CCN(Cc2ccccc2)CC1. The summed E-state index contributed by atoms with van der Waals surface area (Å²) in [5.41, 5.74) is 2.49. The van der Waals surface area contributed by atoms with Gasteiger partial charge in [0.2, 0.25) is 5.91 Å². The van der Waals surface area contributed by atoms with Gasteiger partial charge in [0.1, 0.15) is 10.7 Å². The number of carbonyl (C=O) groups excluding carboxylic acids is 1. The van der Waals surface area contributed by atoms with Gasteiger partial charge in [0.05, 0.1) is 5.39 Å². The van der Waals surface area contributed by atoms with Crippen LogP contribution < -0.4 is 5.56 Å². The average Bonchev–Trinajstić information content (AvgIpc) is 3.00. The summed E-state index contributed by atoms with van der Waals surface area (Å²) in [6.07, 6.45) is 6.48. The van der Waals surface area contributed by atoms with Crippen molar-refractivity contribution in [3.63, 3.8) is 0 Å². The van der Waals surface area contributed by atoms with Crippen LogP contribution >= 0.6 is 11.3 Å². The van der Waals surface area contributed by atoms with Crippen LogP contribution in [0.5, 0.6) is 0 Å². The second-order valence-corrected chi connectivity index (χ2v) is 9.98. The molecule has 1 amide bonds. The van der Waals surface area contributed by atoms with E-state index in [1.54, 1.807) is 11.3 Å². The molecule has 1 saturated heterocycles. The molecule has 2 aromatic heterocycles. The summed E-state index contributed by atoms with van der Waals surface area (Å²) in [6.45, 7) is 4.22. The van der Waals surface area contributed by atoms with Gasteiger partial charge in [0.25, 0.3) is 5.56 Å². The van der Waals surface area contributed by atoms with E-state index in [1.807, 2.05) is 11.0 Å². The van der Waals surface area contributed by atoms with Crippen LogP contribution in [-0.4, -0.2) is 51.9 Å². The summed E-state index contributed by atoms with van der Waals surface area (Å²) in [4.78, 5) is 39.8. The zero-order valence-corrected chi connectivity index (χ0v) is 19.3. The quantitative estimate of drug-likeness (QED) is 0.604. The number of benzene rings is 1. The molecule has 6 nitrogen and oxygen atoms in total. The number of rotatable bonds is 5. The second kappa shape index (κ2) is 9.55. The number of hydrogen-bond acceptors (Lipinski definition) is 5. The summed E-state index contributed by atoms with van der Waals surface area (Å²) >= 11 is 1.67. The van der Waals surface area contributed by atoms with Gasteiger partial charge in [-0.15, -0.1) is 11.3 Å². The first kappa shape index (κ1) is 21.3. The normalized spacial score (nSPS) is 17.3. The monoisotopic (exact) mass is 450 g/mol. The molecular weight excluding hydrogens is 420 g/mol. The third-order valence-electron chi connectivity index (χ3n) is 6.67. The standard InChI is InChI=1S/C25H30N4O2S/c30-22(29-15-13-28(14-16-29)17-18-7-3-1-4-8-18)12-11-21-26-24(31)23-19-9-5-2-6-10-20(19)32-25(23)27-21/h1,3-4,7-8H,2,5-6,9-17H2,(H,26,27,31). The molecule has 2 aliphatic rings. The molecule has 1 aliphatic carbocycles. The number of hydrogen-bond donors (Lipinski definition) is 1. The Morgan fingerprint density at radius 2 is 1.81 bits per heavy atom. The third-order valence-corrected chi connectivity index (χ3v) is 7.86. The van der Waals surface area contributed by atoms with E-state index < -0.39 is 0 Å². The van der Waals surface area contributed by atoms with Gasteiger partial charge < -0.3 is 9.88 Å². The fraction of sp³-hybridized carbons (Fsp3) is 0.480. The number of H-pyrrole nitrogens is 1. The lowest BCUT2D eigenvalue weighted by Crippen LogP contribution is -2.48. The maximum atomic E-state index is 12.8. The highest BCUT2D eigenvalue weighted by molar-refractivity contribution is 7.18. The van der Waals surface area contributed by atoms with Crippen LogP contribution in [0.3, 0.4) is 0 Å². The predicted molar refractivity (Wildman–Crippen MR) is 128 cm³/mol. The van der Waals surface area contributed by atoms with E-state index in [1.165, 1.54) is 28.8 Å². The minimum Gasteiger partial charge on any atom is -0.340 e. The molecule has 3 heterocycles. The predicted octanol–water partition coefficient (Wildman–Crippen LogP) is 3.53. The number of aromatic amines is 1. The van der Waals surface area contributed by atoms with Crippen LogP contribution in [0.2, 0.25) is 0 Å². The number of carbonyl (C=O) groups is 1. The maximum Gasteiger partial charge on any atom is 0.259 e. The van der Waals surface area contributed by atoms with Crippen LogP contribution in [0.15, 0.2) is 35.1 Å². The van der Waals surface area contributed by atoms with Crippen molar-refractivity contribution in [3.8, 4) is 0 Å². The minimum absolute atomic E-state index is 0.0358. The smallest absolute Gasteiger partial charge is 0.259 e. The molecule has 0 saturated carbocycles. The van der Waals surface area contributed by atoms with Gasteiger partial charge in [-0.1, -0.05) is 36.8 Å². The Hall–Kier alpha value is -2.51. The Morgan fingerprint density at radius 3 is 2.62 bits per heavy atom.